The summed E-state index contributed by atoms with van der Waals surface area (Å²) < 4.78 is 62.1. The molecule has 136 heavy (non-hydrogen) atoms. The summed E-state index contributed by atoms with van der Waals surface area (Å²) >= 11 is 9.93. The standard InChI is InChI=1S/2C31H29BN2O2.C25H17BrN2.C14H7ClN2O.C12H24B2O4/c2*1-30(2)31(3,4)36-32(35-30)25-20-18-23(19-21-25)22-14-16-24(17-15-22)29-33-27-12-8-9-13-28(27)34(29)26-10-6-5-7-11-26;26-21-16-14-19(15-17-21)18-10-12-20(13-11-18)25-27-23-8-4-5-9-24(23)28(25)22-6-2-1-3-7-22;15-12-11-8-4-1-2-6-10(8)18-14(11)17-9-5-3-7-16-13(9)12;1-9(2)10(3,4)16-13(15-9)14-17-11(5,6)12(7,8)18-14/h2*5-21H,1-4H3;1-17H;1-7H;1-8H3. The first-order chi connectivity index (χ1) is 65.2. The third-order valence-corrected chi connectivity index (χ3v) is 28.5. The minimum absolute atomic E-state index is 0.345. The van der Waals surface area contributed by atoms with Gasteiger partial charge in [-0.1, -0.05) is 270 Å². The lowest BCUT2D eigenvalue weighted by atomic mass is 9.49. The van der Waals surface area contributed by atoms with Crippen LogP contribution in [0.25, 0.3) is 151 Å². The van der Waals surface area contributed by atoms with Gasteiger partial charge in [-0.05, 0) is 258 Å². The topological polar surface area (TPSA) is 166 Å². The van der Waals surface area contributed by atoms with E-state index in [1.54, 1.807) is 6.20 Å². The normalized spacial score (nSPS) is 16.8. The maximum Gasteiger partial charge on any atom is 0.494 e. The fourth-order valence-corrected chi connectivity index (χ4v) is 17.7. The number of rotatable bonds is 12. The van der Waals surface area contributed by atoms with E-state index in [0.717, 1.165) is 144 Å². The number of furan rings is 1. The fraction of sp³-hybridized carbons (Fsp3) is 0.212. The van der Waals surface area contributed by atoms with Gasteiger partial charge in [0, 0.05) is 49.8 Å². The first kappa shape index (κ1) is 92.4. The molecule has 6 aromatic heterocycles. The third kappa shape index (κ3) is 18.2. The van der Waals surface area contributed by atoms with Crippen LogP contribution in [0.3, 0.4) is 0 Å². The Kier molecular flexibility index (Phi) is 25.0. The summed E-state index contributed by atoms with van der Waals surface area (Å²) in [5.41, 5.74) is 21.9. The Labute approximate surface area is 809 Å². The smallest absolute Gasteiger partial charge is 0.438 e. The van der Waals surface area contributed by atoms with Crippen LogP contribution in [0.1, 0.15) is 111 Å². The summed E-state index contributed by atoms with van der Waals surface area (Å²) in [6, 6.07) is 119. The SMILES string of the molecule is Brc1ccc(-c2ccc(-c3nc4ccccc4n3-c3ccccc3)cc2)cc1.CC1(C)OB(B2OC(C)(C)C(C)(C)O2)OC1(C)C.CC1(C)OB(c2ccc(-c3ccc(-c4nc5ccccc5n4-c4ccccc4)cc3)cc2)OC1(C)C.CC1(C)OB(c2ccc(-c3ccc(-c4nc5ccccc5n4-c4ccccc4)cc3)cc2)OC1(C)C.Clc1c2ncccc2nc2oc3ccccc3c12. The van der Waals surface area contributed by atoms with E-state index in [1.165, 1.54) is 11.1 Å². The van der Waals surface area contributed by atoms with Crippen LogP contribution in [0.2, 0.25) is 5.02 Å². The molecular weight excluding hydrogens is 1770 g/mol. The predicted molar refractivity (Wildman–Crippen MR) is 559 cm³/mol. The van der Waals surface area contributed by atoms with E-state index in [1.807, 2.05) is 128 Å². The lowest BCUT2D eigenvalue weighted by Crippen LogP contribution is -2.41. The molecule has 0 radical (unpaired) electrons. The van der Waals surface area contributed by atoms with Gasteiger partial charge in [-0.3, -0.25) is 18.7 Å². The number of pyridine rings is 2. The zero-order valence-corrected chi connectivity index (χ0v) is 81.6. The van der Waals surface area contributed by atoms with Gasteiger partial charge in [0.1, 0.15) is 28.6 Å². The van der Waals surface area contributed by atoms with Crippen LogP contribution in [-0.4, -0.2) is 112 Å². The average Bonchev–Trinajstić information content (AvgIpc) is 1.59. The van der Waals surface area contributed by atoms with E-state index < -0.39 is 14.0 Å². The van der Waals surface area contributed by atoms with Crippen molar-refractivity contribution in [2.75, 3.05) is 0 Å². The van der Waals surface area contributed by atoms with Gasteiger partial charge < -0.3 is 41.7 Å². The van der Waals surface area contributed by atoms with Crippen molar-refractivity contribution in [3.8, 4) is 84.6 Å². The Bertz CT molecular complexity index is 7200. The van der Waals surface area contributed by atoms with Gasteiger partial charge in [-0.2, -0.15) is 0 Å². The highest BCUT2D eigenvalue weighted by molar-refractivity contribution is 9.10. The number of fused-ring (bicyclic) bond motifs is 7. The molecule has 4 aliphatic heterocycles. The maximum absolute atomic E-state index is 6.43. The van der Waals surface area contributed by atoms with Gasteiger partial charge in [0.15, 0.2) is 0 Å². The number of aromatic nitrogens is 8. The molecular formula is C113H106B4BrClN8O9. The molecule has 17 nitrogen and oxygen atoms in total. The minimum Gasteiger partial charge on any atom is -0.438 e. The van der Waals surface area contributed by atoms with Crippen molar-refractivity contribution in [1.82, 2.24) is 38.6 Å². The molecule has 4 aliphatic rings. The lowest BCUT2D eigenvalue weighted by molar-refractivity contribution is 0.00578. The molecule has 23 heteroatoms. The van der Waals surface area contributed by atoms with Gasteiger partial charge in [0.25, 0.3) is 0 Å². The van der Waals surface area contributed by atoms with E-state index in [0.29, 0.717) is 16.3 Å². The van der Waals surface area contributed by atoms with Gasteiger partial charge in [0.05, 0.1) is 93.8 Å². The third-order valence-electron chi connectivity index (χ3n) is 27.6. The molecule has 10 heterocycles. The van der Waals surface area contributed by atoms with Crippen molar-refractivity contribution in [3.05, 3.63) is 361 Å². The van der Waals surface area contributed by atoms with E-state index in [-0.39, 0.29) is 59.0 Å². The van der Waals surface area contributed by atoms with Gasteiger partial charge in [-0.25, -0.2) is 19.9 Å². The number of benzene rings is 13. The van der Waals surface area contributed by atoms with Crippen molar-refractivity contribution in [3.63, 3.8) is 0 Å². The predicted octanol–water partition coefficient (Wildman–Crippen LogP) is 26.9. The summed E-state index contributed by atoms with van der Waals surface area (Å²) in [6.07, 6.45) is 1.71. The summed E-state index contributed by atoms with van der Waals surface area (Å²) in [4.78, 5) is 23.6. The zero-order valence-electron chi connectivity index (χ0n) is 79.3. The van der Waals surface area contributed by atoms with Crippen molar-refractivity contribution >= 4 is 133 Å². The lowest BCUT2D eigenvalue weighted by Gasteiger charge is -2.32. The summed E-state index contributed by atoms with van der Waals surface area (Å²) in [5.74, 6) is 2.82. The first-order valence-electron chi connectivity index (χ1n) is 46.2. The van der Waals surface area contributed by atoms with E-state index in [4.69, 9.17) is 68.2 Å². The Morgan fingerprint density at radius 1 is 0.272 bits per heavy atom. The molecule has 0 spiro atoms. The van der Waals surface area contributed by atoms with Gasteiger partial charge >= 0.3 is 28.3 Å². The van der Waals surface area contributed by atoms with Gasteiger partial charge in [0.2, 0.25) is 5.71 Å². The molecule has 13 aromatic carbocycles. The van der Waals surface area contributed by atoms with Crippen molar-refractivity contribution in [2.45, 2.75) is 156 Å². The Balaban J connectivity index is 0.000000112. The molecule has 0 atom stereocenters. The molecule has 0 unspecified atom stereocenters. The second-order valence-electron chi connectivity index (χ2n) is 38.8. The van der Waals surface area contributed by atoms with Gasteiger partial charge in [-0.15, -0.1) is 0 Å². The monoisotopic (exact) mass is 1880 g/mol. The number of hydrogen-bond donors (Lipinski definition) is 0. The second kappa shape index (κ2) is 36.8. The van der Waals surface area contributed by atoms with Crippen LogP contribution >= 0.6 is 27.5 Å². The molecule has 0 N–H and O–H groups in total. The molecule has 4 fully saturated rings. The molecule has 4 saturated heterocycles. The maximum atomic E-state index is 6.43. The highest BCUT2D eigenvalue weighted by Gasteiger charge is 2.64. The number of halogens is 2. The second-order valence-corrected chi connectivity index (χ2v) is 40.1. The zero-order chi connectivity index (χ0) is 94.9. The summed E-state index contributed by atoms with van der Waals surface area (Å²) in [5, 5.41) is 2.40. The number of imidazole rings is 3. The fourth-order valence-electron chi connectivity index (χ4n) is 17.1. The van der Waals surface area contributed by atoms with Crippen LogP contribution in [0.15, 0.2) is 361 Å². The summed E-state index contributed by atoms with van der Waals surface area (Å²) in [7, 11) is -1.65. The highest BCUT2D eigenvalue weighted by Crippen LogP contribution is 2.46. The van der Waals surface area contributed by atoms with Crippen LogP contribution in [0.4, 0.5) is 0 Å². The Morgan fingerprint density at radius 2 is 0.544 bits per heavy atom. The molecule has 19 aromatic rings. The number of para-hydroxylation sites is 10. The van der Waals surface area contributed by atoms with Crippen LogP contribution < -0.4 is 10.9 Å². The molecule has 0 aliphatic carbocycles. The van der Waals surface area contributed by atoms with E-state index in [2.05, 4.69) is 368 Å². The summed E-state index contributed by atoms with van der Waals surface area (Å²) in [6.45, 7) is 32.8. The van der Waals surface area contributed by atoms with E-state index in [9.17, 15) is 0 Å². The number of nitrogens with zero attached hydrogens (tertiary/aromatic N) is 8. The molecule has 0 bridgehead atoms. The average molecular weight is 1880 g/mol. The minimum atomic E-state index is -0.476. The highest BCUT2D eigenvalue weighted by atomic mass is 79.9. The van der Waals surface area contributed by atoms with Crippen molar-refractivity contribution < 1.29 is 41.7 Å². The molecule has 0 amide bonds. The Hall–Kier alpha value is -12.7. The first-order valence-corrected chi connectivity index (χ1v) is 47.3. The van der Waals surface area contributed by atoms with Crippen molar-refractivity contribution in [2.24, 2.45) is 0 Å². The van der Waals surface area contributed by atoms with Crippen LogP contribution in [0, 0.1) is 0 Å². The molecule has 23 rings (SSSR count). The van der Waals surface area contributed by atoms with Crippen LogP contribution in [-0.2, 0) is 37.2 Å². The number of hydrogen-bond acceptors (Lipinski definition) is 14. The van der Waals surface area contributed by atoms with Crippen molar-refractivity contribution in [1.29, 1.82) is 0 Å². The largest absolute Gasteiger partial charge is 0.494 e. The van der Waals surface area contributed by atoms with Crippen LogP contribution in [0.5, 0.6) is 0 Å². The quantitative estimate of drug-likeness (QED) is 0.106. The molecule has 678 valence electrons. The Morgan fingerprint density at radius 3 is 0.882 bits per heavy atom. The van der Waals surface area contributed by atoms with E-state index >= 15 is 0 Å². The molecule has 0 saturated carbocycles.